The lowest BCUT2D eigenvalue weighted by Crippen LogP contribution is -2.52. The van der Waals surface area contributed by atoms with Crippen molar-refractivity contribution in [3.63, 3.8) is 0 Å². The van der Waals surface area contributed by atoms with Gasteiger partial charge in [0.05, 0.1) is 19.8 Å². The van der Waals surface area contributed by atoms with Crippen LogP contribution in [0, 0.1) is 0 Å². The molecule has 1 unspecified atom stereocenters. The van der Waals surface area contributed by atoms with E-state index in [9.17, 15) is 19.2 Å². The van der Waals surface area contributed by atoms with Crippen LogP contribution in [0.25, 0.3) is 0 Å². The predicted octanol–water partition coefficient (Wildman–Crippen LogP) is -0.430. The number of amides is 3. The van der Waals surface area contributed by atoms with E-state index in [4.69, 9.17) is 15.2 Å². The van der Waals surface area contributed by atoms with E-state index in [0.29, 0.717) is 42.3 Å². The molecule has 170 valence electrons. The van der Waals surface area contributed by atoms with Gasteiger partial charge >= 0.3 is 0 Å². The van der Waals surface area contributed by atoms with Gasteiger partial charge in [0.2, 0.25) is 11.8 Å². The minimum absolute atomic E-state index is 0.180. The molecule has 1 aromatic carbocycles. The van der Waals surface area contributed by atoms with Gasteiger partial charge in [-0.2, -0.15) is 0 Å². The van der Waals surface area contributed by atoms with Crippen molar-refractivity contribution in [2.75, 3.05) is 39.5 Å². The Balaban J connectivity index is 1.38. The van der Waals surface area contributed by atoms with Crippen molar-refractivity contribution >= 4 is 23.5 Å². The van der Waals surface area contributed by atoms with Crippen LogP contribution in [0.4, 0.5) is 0 Å². The third kappa shape index (κ3) is 4.81. The smallest absolute Gasteiger partial charge is 0.255 e. The lowest BCUT2D eigenvalue weighted by atomic mass is 10.0. The first-order chi connectivity index (χ1) is 15.4. The number of nitrogens with one attached hydrogen (secondary N) is 1. The van der Waals surface area contributed by atoms with E-state index in [0.717, 1.165) is 13.1 Å². The van der Waals surface area contributed by atoms with E-state index in [1.54, 1.807) is 18.2 Å². The first-order valence-electron chi connectivity index (χ1n) is 10.6. The second-order valence-electron chi connectivity index (χ2n) is 8.04. The van der Waals surface area contributed by atoms with Crippen LogP contribution in [0.3, 0.4) is 0 Å². The van der Waals surface area contributed by atoms with Crippen LogP contribution in [0.1, 0.15) is 28.8 Å². The highest BCUT2D eigenvalue weighted by Crippen LogP contribution is 2.33. The standard InChI is InChI=1S/C22H26N4O6/c23-14(11-25-6-8-31-9-7-25)10-15(27)13-32-19-3-1-2-16-17(19)12-26(22(16)30)18-4-5-20(28)24-21(18)29/h1-3,10,18H,4-9,11-13,23H2,(H,24,28,29). The Labute approximate surface area is 185 Å². The summed E-state index contributed by atoms with van der Waals surface area (Å²) in [6, 6.07) is 4.32. The second-order valence-corrected chi connectivity index (χ2v) is 8.04. The second kappa shape index (κ2) is 9.49. The molecule has 32 heavy (non-hydrogen) atoms. The number of imide groups is 1. The fourth-order valence-electron chi connectivity index (χ4n) is 4.15. The van der Waals surface area contributed by atoms with Gasteiger partial charge < -0.3 is 20.1 Å². The minimum atomic E-state index is -0.704. The van der Waals surface area contributed by atoms with Gasteiger partial charge in [0, 0.05) is 49.0 Å². The van der Waals surface area contributed by atoms with E-state index >= 15 is 0 Å². The highest BCUT2D eigenvalue weighted by molar-refractivity contribution is 6.05. The quantitative estimate of drug-likeness (QED) is 0.430. The van der Waals surface area contributed by atoms with E-state index in [1.807, 2.05) is 0 Å². The summed E-state index contributed by atoms with van der Waals surface area (Å²) >= 11 is 0. The maximum absolute atomic E-state index is 12.8. The Morgan fingerprint density at radius 1 is 1.25 bits per heavy atom. The zero-order valence-electron chi connectivity index (χ0n) is 17.7. The van der Waals surface area contributed by atoms with Gasteiger partial charge in [-0.1, -0.05) is 6.07 Å². The molecule has 4 rings (SSSR count). The number of carbonyl (C=O) groups excluding carboxylic acids is 4. The van der Waals surface area contributed by atoms with Crippen molar-refractivity contribution in [3.05, 3.63) is 41.1 Å². The largest absolute Gasteiger partial charge is 0.485 e. The molecule has 0 saturated carbocycles. The number of nitrogens with two attached hydrogens (primary N) is 1. The average molecular weight is 442 g/mol. The van der Waals surface area contributed by atoms with Crippen molar-refractivity contribution < 1.29 is 28.7 Å². The summed E-state index contributed by atoms with van der Waals surface area (Å²) in [5, 5.41) is 2.28. The van der Waals surface area contributed by atoms with Crippen LogP contribution in [-0.4, -0.2) is 78.8 Å². The summed E-state index contributed by atoms with van der Waals surface area (Å²) < 4.78 is 11.0. The van der Waals surface area contributed by atoms with Gasteiger partial charge in [0.1, 0.15) is 11.8 Å². The molecule has 1 aromatic rings. The number of rotatable bonds is 7. The number of ketones is 1. The summed E-state index contributed by atoms with van der Waals surface area (Å²) in [6.07, 6.45) is 1.85. The van der Waals surface area contributed by atoms with Crippen LogP contribution in [0.2, 0.25) is 0 Å². The molecule has 3 aliphatic heterocycles. The monoisotopic (exact) mass is 442 g/mol. The zero-order chi connectivity index (χ0) is 22.7. The number of fused-ring (bicyclic) bond motifs is 1. The highest BCUT2D eigenvalue weighted by Gasteiger charge is 2.40. The van der Waals surface area contributed by atoms with Crippen LogP contribution < -0.4 is 15.8 Å². The number of hydrogen-bond acceptors (Lipinski definition) is 8. The van der Waals surface area contributed by atoms with Gasteiger partial charge in [-0.3, -0.25) is 29.4 Å². The molecule has 10 nitrogen and oxygen atoms in total. The molecular formula is C22H26N4O6. The van der Waals surface area contributed by atoms with Crippen LogP contribution in [-0.2, 0) is 25.7 Å². The van der Waals surface area contributed by atoms with Gasteiger partial charge in [-0.25, -0.2) is 0 Å². The van der Waals surface area contributed by atoms with Gasteiger partial charge in [-0.15, -0.1) is 0 Å². The molecule has 2 saturated heterocycles. The summed E-state index contributed by atoms with van der Waals surface area (Å²) in [5.41, 5.74) is 7.51. The Morgan fingerprint density at radius 2 is 2.03 bits per heavy atom. The predicted molar refractivity (Wildman–Crippen MR) is 113 cm³/mol. The van der Waals surface area contributed by atoms with Crippen molar-refractivity contribution in [2.24, 2.45) is 5.73 Å². The van der Waals surface area contributed by atoms with E-state index in [-0.39, 0.29) is 43.6 Å². The topological polar surface area (TPSA) is 131 Å². The number of morpholine rings is 1. The van der Waals surface area contributed by atoms with Gasteiger partial charge in [0.15, 0.2) is 12.4 Å². The number of carbonyl (C=O) groups is 4. The maximum Gasteiger partial charge on any atom is 0.255 e. The summed E-state index contributed by atoms with van der Waals surface area (Å²) in [7, 11) is 0. The first kappa shape index (κ1) is 22.0. The fourth-order valence-corrected chi connectivity index (χ4v) is 4.15. The van der Waals surface area contributed by atoms with Crippen molar-refractivity contribution in [1.82, 2.24) is 15.1 Å². The third-order valence-corrected chi connectivity index (χ3v) is 5.77. The molecule has 0 aliphatic carbocycles. The summed E-state index contributed by atoms with van der Waals surface area (Å²) in [6.45, 7) is 3.30. The molecule has 1 atom stereocenters. The summed E-state index contributed by atoms with van der Waals surface area (Å²) in [5.74, 6) is -0.959. The van der Waals surface area contributed by atoms with Crippen molar-refractivity contribution in [1.29, 1.82) is 0 Å². The van der Waals surface area contributed by atoms with Crippen molar-refractivity contribution in [2.45, 2.75) is 25.4 Å². The van der Waals surface area contributed by atoms with Gasteiger partial charge in [-0.05, 0) is 18.6 Å². The summed E-state index contributed by atoms with van der Waals surface area (Å²) in [4.78, 5) is 52.4. The Hall–Kier alpha value is -3.24. The molecule has 2 fully saturated rings. The zero-order valence-corrected chi connectivity index (χ0v) is 17.7. The van der Waals surface area contributed by atoms with E-state index in [2.05, 4.69) is 10.2 Å². The molecule has 0 radical (unpaired) electrons. The lowest BCUT2D eigenvalue weighted by molar-refractivity contribution is -0.136. The normalized spacial score (nSPS) is 22.0. The SMILES string of the molecule is NC(=CC(=O)COc1cccc2c1CN(C1CCC(=O)NC1=O)C2=O)CN1CCOCC1. The lowest BCUT2D eigenvalue weighted by Gasteiger charge is -2.29. The molecule has 3 aliphatic rings. The number of benzene rings is 1. The molecule has 0 spiro atoms. The molecular weight excluding hydrogens is 416 g/mol. The number of piperidine rings is 1. The first-order valence-corrected chi connectivity index (χ1v) is 10.6. The number of nitrogens with zero attached hydrogens (tertiary/aromatic N) is 2. The highest BCUT2D eigenvalue weighted by atomic mass is 16.5. The van der Waals surface area contributed by atoms with Crippen LogP contribution in [0.5, 0.6) is 5.75 Å². The maximum atomic E-state index is 12.8. The third-order valence-electron chi connectivity index (χ3n) is 5.77. The Bertz CT molecular complexity index is 969. The molecule has 3 heterocycles. The Kier molecular flexibility index (Phi) is 6.52. The Morgan fingerprint density at radius 3 is 2.78 bits per heavy atom. The van der Waals surface area contributed by atoms with E-state index < -0.39 is 11.9 Å². The van der Waals surface area contributed by atoms with Crippen LogP contribution >= 0.6 is 0 Å². The molecule has 0 bridgehead atoms. The molecule has 0 aromatic heterocycles. The average Bonchev–Trinajstić information content (AvgIpc) is 3.10. The van der Waals surface area contributed by atoms with E-state index in [1.165, 1.54) is 11.0 Å². The van der Waals surface area contributed by atoms with Crippen molar-refractivity contribution in [3.8, 4) is 5.75 Å². The van der Waals surface area contributed by atoms with Crippen LogP contribution in [0.15, 0.2) is 30.0 Å². The molecule has 3 N–H and O–H groups in total. The number of ether oxygens (including phenoxy) is 2. The molecule has 10 heteroatoms. The van der Waals surface area contributed by atoms with Gasteiger partial charge in [0.25, 0.3) is 5.91 Å². The minimum Gasteiger partial charge on any atom is -0.485 e. The number of hydrogen-bond donors (Lipinski definition) is 2. The molecule has 3 amide bonds. The fraction of sp³-hybridized carbons (Fsp3) is 0.455.